The number of hydrogen-bond acceptors (Lipinski definition) is 3. The van der Waals surface area contributed by atoms with Crippen molar-refractivity contribution in [2.45, 2.75) is 33.5 Å². The largest absolute Gasteiger partial charge is 0.478 e. The Bertz CT molecular complexity index is 402. The summed E-state index contributed by atoms with van der Waals surface area (Å²) in [5, 5.41) is 9.09. The molecule has 4 heteroatoms. The lowest BCUT2D eigenvalue weighted by molar-refractivity contribution is 0.0227. The fourth-order valence-electron chi connectivity index (χ4n) is 1.41. The molecule has 0 aromatic heterocycles. The van der Waals surface area contributed by atoms with E-state index in [2.05, 4.69) is 13.8 Å². The molecule has 1 rings (SSSR count). The predicted octanol–water partition coefficient (Wildman–Crippen LogP) is 2.53. The zero-order valence-electron chi connectivity index (χ0n) is 10.4. The molecule has 1 atom stereocenters. The Hall–Kier alpha value is -1.55. The molecule has 1 unspecified atom stereocenters. The molecule has 0 spiro atoms. The molecule has 0 saturated heterocycles. The standard InChI is InChI=1S/C13H19NO3/c1-8(2)9(3)17-7-10-5-4-6-11(14)12(10)13(15)16/h4-6,8-9H,7,14H2,1-3H3,(H,15,16). The van der Waals surface area contributed by atoms with Crippen molar-refractivity contribution < 1.29 is 14.6 Å². The molecule has 0 heterocycles. The van der Waals surface area contributed by atoms with Gasteiger partial charge in [0.25, 0.3) is 0 Å². The first-order valence-electron chi connectivity index (χ1n) is 5.65. The van der Waals surface area contributed by atoms with Crippen LogP contribution in [0.2, 0.25) is 0 Å². The van der Waals surface area contributed by atoms with Crippen LogP contribution in [0.15, 0.2) is 18.2 Å². The van der Waals surface area contributed by atoms with Crippen LogP contribution in [0.1, 0.15) is 36.7 Å². The summed E-state index contributed by atoms with van der Waals surface area (Å²) in [5.41, 5.74) is 6.68. The second-order valence-electron chi connectivity index (χ2n) is 4.45. The second-order valence-corrected chi connectivity index (χ2v) is 4.45. The van der Waals surface area contributed by atoms with Crippen LogP contribution in [0, 0.1) is 5.92 Å². The maximum Gasteiger partial charge on any atom is 0.338 e. The van der Waals surface area contributed by atoms with E-state index in [1.54, 1.807) is 18.2 Å². The Morgan fingerprint density at radius 3 is 2.59 bits per heavy atom. The van der Waals surface area contributed by atoms with E-state index < -0.39 is 5.97 Å². The van der Waals surface area contributed by atoms with Crippen molar-refractivity contribution in [3.05, 3.63) is 29.3 Å². The van der Waals surface area contributed by atoms with Crippen LogP contribution >= 0.6 is 0 Å². The highest BCUT2D eigenvalue weighted by Crippen LogP contribution is 2.19. The highest BCUT2D eigenvalue weighted by atomic mass is 16.5. The lowest BCUT2D eigenvalue weighted by atomic mass is 10.1. The SMILES string of the molecule is CC(C)C(C)OCc1cccc(N)c1C(=O)O. The van der Waals surface area contributed by atoms with Gasteiger partial charge >= 0.3 is 5.97 Å². The molecular weight excluding hydrogens is 218 g/mol. The molecule has 0 amide bonds. The van der Waals surface area contributed by atoms with Crippen molar-refractivity contribution >= 4 is 11.7 Å². The molecule has 0 aliphatic carbocycles. The van der Waals surface area contributed by atoms with Crippen LogP contribution in [0.3, 0.4) is 0 Å². The normalized spacial score (nSPS) is 12.7. The lowest BCUT2D eigenvalue weighted by Gasteiger charge is -2.17. The molecule has 0 aliphatic rings. The zero-order valence-corrected chi connectivity index (χ0v) is 10.4. The third kappa shape index (κ3) is 3.46. The number of aromatic carboxylic acids is 1. The van der Waals surface area contributed by atoms with Crippen molar-refractivity contribution in [1.82, 2.24) is 0 Å². The summed E-state index contributed by atoms with van der Waals surface area (Å²) in [5.74, 6) is -0.622. The number of anilines is 1. The van der Waals surface area contributed by atoms with Gasteiger partial charge in [-0.15, -0.1) is 0 Å². The van der Waals surface area contributed by atoms with Gasteiger partial charge in [0, 0.05) is 5.69 Å². The summed E-state index contributed by atoms with van der Waals surface area (Å²) in [6.45, 7) is 6.35. The Morgan fingerprint density at radius 2 is 2.06 bits per heavy atom. The van der Waals surface area contributed by atoms with Crippen LogP contribution in [0.4, 0.5) is 5.69 Å². The molecule has 3 N–H and O–H groups in total. The predicted molar refractivity (Wildman–Crippen MR) is 66.9 cm³/mol. The minimum Gasteiger partial charge on any atom is -0.478 e. The summed E-state index contributed by atoms with van der Waals surface area (Å²) in [4.78, 5) is 11.1. The Kier molecular flexibility index (Phi) is 4.52. The molecule has 17 heavy (non-hydrogen) atoms. The summed E-state index contributed by atoms with van der Waals surface area (Å²) >= 11 is 0. The molecule has 0 saturated carbocycles. The van der Waals surface area contributed by atoms with E-state index in [-0.39, 0.29) is 24.0 Å². The minimum atomic E-state index is -1.01. The first kappa shape index (κ1) is 13.5. The topological polar surface area (TPSA) is 72.5 Å². The molecule has 0 bridgehead atoms. The molecule has 4 nitrogen and oxygen atoms in total. The molecule has 94 valence electrons. The number of rotatable bonds is 5. The van der Waals surface area contributed by atoms with Crippen LogP contribution in [-0.4, -0.2) is 17.2 Å². The van der Waals surface area contributed by atoms with E-state index >= 15 is 0 Å². The smallest absolute Gasteiger partial charge is 0.338 e. The summed E-state index contributed by atoms with van der Waals surface area (Å²) in [6.07, 6.45) is 0.0816. The number of carbonyl (C=O) groups is 1. The van der Waals surface area contributed by atoms with E-state index in [0.29, 0.717) is 11.5 Å². The average molecular weight is 237 g/mol. The fraction of sp³-hybridized carbons (Fsp3) is 0.462. The Labute approximate surface area is 101 Å². The molecule has 1 aromatic carbocycles. The maximum absolute atomic E-state index is 11.1. The summed E-state index contributed by atoms with van der Waals surface area (Å²) in [6, 6.07) is 5.05. The number of nitrogen functional groups attached to an aromatic ring is 1. The number of hydrogen-bond donors (Lipinski definition) is 2. The molecular formula is C13H19NO3. The summed E-state index contributed by atoms with van der Waals surface area (Å²) < 4.78 is 5.62. The first-order valence-corrected chi connectivity index (χ1v) is 5.65. The van der Waals surface area contributed by atoms with Gasteiger partial charge in [0.1, 0.15) is 0 Å². The number of ether oxygens (including phenoxy) is 1. The Balaban J connectivity index is 2.84. The van der Waals surface area contributed by atoms with Crippen LogP contribution in [0.25, 0.3) is 0 Å². The van der Waals surface area contributed by atoms with Crippen LogP contribution in [0.5, 0.6) is 0 Å². The van der Waals surface area contributed by atoms with Crippen molar-refractivity contribution in [2.75, 3.05) is 5.73 Å². The first-order chi connectivity index (χ1) is 7.93. The van der Waals surface area contributed by atoms with Gasteiger partial charge in [-0.25, -0.2) is 4.79 Å². The van der Waals surface area contributed by atoms with E-state index in [4.69, 9.17) is 15.6 Å². The maximum atomic E-state index is 11.1. The third-order valence-electron chi connectivity index (χ3n) is 2.84. The highest BCUT2D eigenvalue weighted by Gasteiger charge is 2.15. The van der Waals surface area contributed by atoms with Gasteiger partial charge < -0.3 is 15.6 Å². The number of carboxylic acids is 1. The monoisotopic (exact) mass is 237 g/mol. The van der Waals surface area contributed by atoms with Crippen molar-refractivity contribution in [2.24, 2.45) is 5.92 Å². The molecule has 0 fully saturated rings. The van der Waals surface area contributed by atoms with Gasteiger partial charge in [-0.2, -0.15) is 0 Å². The third-order valence-corrected chi connectivity index (χ3v) is 2.84. The van der Waals surface area contributed by atoms with Gasteiger partial charge in [0.05, 0.1) is 18.3 Å². The molecule has 1 aromatic rings. The van der Waals surface area contributed by atoms with E-state index in [1.165, 1.54) is 0 Å². The molecule has 0 aliphatic heterocycles. The fourth-order valence-corrected chi connectivity index (χ4v) is 1.41. The van der Waals surface area contributed by atoms with Crippen molar-refractivity contribution in [3.8, 4) is 0 Å². The second kappa shape index (κ2) is 5.68. The van der Waals surface area contributed by atoms with Gasteiger partial charge in [-0.1, -0.05) is 26.0 Å². The number of nitrogens with two attached hydrogens (primary N) is 1. The lowest BCUT2D eigenvalue weighted by Crippen LogP contribution is -2.16. The zero-order chi connectivity index (χ0) is 13.0. The van der Waals surface area contributed by atoms with Gasteiger partial charge in [-0.05, 0) is 24.5 Å². The quantitative estimate of drug-likeness (QED) is 0.772. The van der Waals surface area contributed by atoms with E-state index in [1.807, 2.05) is 6.92 Å². The van der Waals surface area contributed by atoms with Crippen LogP contribution in [-0.2, 0) is 11.3 Å². The average Bonchev–Trinajstić information content (AvgIpc) is 2.24. The van der Waals surface area contributed by atoms with Crippen molar-refractivity contribution in [1.29, 1.82) is 0 Å². The summed E-state index contributed by atoms with van der Waals surface area (Å²) in [7, 11) is 0. The van der Waals surface area contributed by atoms with Gasteiger partial charge in [-0.3, -0.25) is 0 Å². The minimum absolute atomic E-state index is 0.0816. The van der Waals surface area contributed by atoms with E-state index in [0.717, 1.165) is 0 Å². The Morgan fingerprint density at radius 1 is 1.41 bits per heavy atom. The number of carboxylic acid groups (broad SMARTS) is 1. The van der Waals surface area contributed by atoms with E-state index in [9.17, 15) is 4.79 Å². The number of benzene rings is 1. The molecule has 0 radical (unpaired) electrons. The van der Waals surface area contributed by atoms with Gasteiger partial charge in [0.2, 0.25) is 0 Å². The highest BCUT2D eigenvalue weighted by molar-refractivity contribution is 5.95. The van der Waals surface area contributed by atoms with Crippen molar-refractivity contribution in [3.63, 3.8) is 0 Å². The van der Waals surface area contributed by atoms with Crippen LogP contribution < -0.4 is 5.73 Å². The van der Waals surface area contributed by atoms with Gasteiger partial charge in [0.15, 0.2) is 0 Å².